The molecule has 0 aromatic heterocycles. The summed E-state index contributed by atoms with van der Waals surface area (Å²) in [7, 11) is 0. The number of alkyl halides is 3. The van der Waals surface area contributed by atoms with Gasteiger partial charge in [0.15, 0.2) is 0 Å². The summed E-state index contributed by atoms with van der Waals surface area (Å²) in [6.07, 6.45) is -1.53. The van der Waals surface area contributed by atoms with Crippen LogP contribution in [0.4, 0.5) is 26.3 Å². The molecule has 0 N–H and O–H groups in total. The minimum atomic E-state index is -4.88. The van der Waals surface area contributed by atoms with Crippen LogP contribution in [0.1, 0.15) is 12.0 Å². The molecule has 174 valence electrons. The van der Waals surface area contributed by atoms with Crippen LogP contribution >= 0.6 is 0 Å². The van der Waals surface area contributed by atoms with Gasteiger partial charge in [-0.1, -0.05) is 48.5 Å². The van der Waals surface area contributed by atoms with Crippen LogP contribution in [0.15, 0.2) is 79.4 Å². The van der Waals surface area contributed by atoms with Crippen molar-refractivity contribution >= 4 is 10.8 Å². The highest BCUT2D eigenvalue weighted by atomic mass is 19.4. The molecule has 4 aromatic carbocycles. The van der Waals surface area contributed by atoms with E-state index < -0.39 is 35.1 Å². The molecule has 0 aliphatic heterocycles. The molecule has 4 rings (SSSR count). The van der Waals surface area contributed by atoms with Gasteiger partial charge in [-0.05, 0) is 59.2 Å². The van der Waals surface area contributed by atoms with E-state index in [4.69, 9.17) is 0 Å². The average Bonchev–Trinajstić information content (AvgIpc) is 2.77. The highest BCUT2D eigenvalue weighted by Gasteiger charge is 2.31. The second kappa shape index (κ2) is 9.25. The number of ether oxygens (including phenoxy) is 1. The number of rotatable bonds is 6. The Morgan fingerprint density at radius 1 is 0.794 bits per heavy atom. The lowest BCUT2D eigenvalue weighted by molar-refractivity contribution is -0.274. The highest BCUT2D eigenvalue weighted by molar-refractivity contribution is 5.89. The summed E-state index contributed by atoms with van der Waals surface area (Å²) >= 11 is 0. The standard InChI is InChI=1S/C27H18F6O/c1-2-3-4-16-5-11-21-18(13-16)8-12-22(26(21)30)19-14-23(28)25(24(29)15-19)17-6-9-20(10-7-17)34-27(31,32)33/h2,5-15H,1,3-4H2. The lowest BCUT2D eigenvalue weighted by atomic mass is 9.95. The number of benzene rings is 4. The number of hydrogen-bond donors (Lipinski definition) is 0. The minimum absolute atomic E-state index is 0.00547. The van der Waals surface area contributed by atoms with Gasteiger partial charge >= 0.3 is 6.36 Å². The third-order valence-electron chi connectivity index (χ3n) is 5.39. The zero-order valence-corrected chi connectivity index (χ0v) is 17.7. The molecule has 0 spiro atoms. The van der Waals surface area contributed by atoms with Crippen LogP contribution in [0.25, 0.3) is 33.0 Å². The van der Waals surface area contributed by atoms with E-state index in [2.05, 4.69) is 11.3 Å². The molecular weight excluding hydrogens is 454 g/mol. The second-order valence-corrected chi connectivity index (χ2v) is 7.70. The van der Waals surface area contributed by atoms with Crippen LogP contribution in [0.3, 0.4) is 0 Å². The van der Waals surface area contributed by atoms with E-state index in [0.29, 0.717) is 10.8 Å². The van der Waals surface area contributed by atoms with Crippen LogP contribution in [-0.2, 0) is 6.42 Å². The minimum Gasteiger partial charge on any atom is -0.406 e. The SMILES string of the molecule is C=CCCc1ccc2c(F)c(-c3cc(F)c(-c4ccc(OC(F)(F)F)cc4)c(F)c3)ccc2c1. The summed E-state index contributed by atoms with van der Waals surface area (Å²) in [5.74, 6) is -3.06. The predicted octanol–water partition coefficient (Wildman–Crippen LogP) is 8.61. The van der Waals surface area contributed by atoms with Crippen molar-refractivity contribution in [3.05, 3.63) is 102 Å². The molecular formula is C27H18F6O. The summed E-state index contributed by atoms with van der Waals surface area (Å²) in [6, 6.07) is 14.6. The van der Waals surface area contributed by atoms with Gasteiger partial charge in [-0.25, -0.2) is 13.2 Å². The lowest BCUT2D eigenvalue weighted by Gasteiger charge is -2.12. The largest absolute Gasteiger partial charge is 0.573 e. The first kappa shape index (κ1) is 23.4. The maximum Gasteiger partial charge on any atom is 0.573 e. The fourth-order valence-corrected chi connectivity index (χ4v) is 3.82. The zero-order chi connectivity index (χ0) is 24.5. The average molecular weight is 472 g/mol. The smallest absolute Gasteiger partial charge is 0.406 e. The fourth-order valence-electron chi connectivity index (χ4n) is 3.82. The Hall–Kier alpha value is -3.74. The monoisotopic (exact) mass is 472 g/mol. The van der Waals surface area contributed by atoms with Gasteiger partial charge in [-0.2, -0.15) is 0 Å². The molecule has 0 aliphatic carbocycles. The summed E-state index contributed by atoms with van der Waals surface area (Å²) in [4.78, 5) is 0. The third-order valence-corrected chi connectivity index (χ3v) is 5.39. The van der Waals surface area contributed by atoms with Gasteiger partial charge in [0.1, 0.15) is 23.2 Å². The van der Waals surface area contributed by atoms with Gasteiger partial charge in [-0.3, -0.25) is 0 Å². The van der Waals surface area contributed by atoms with Crippen molar-refractivity contribution in [3.8, 4) is 28.0 Å². The van der Waals surface area contributed by atoms with Crippen LogP contribution in [-0.4, -0.2) is 6.36 Å². The summed E-state index contributed by atoms with van der Waals surface area (Å²) in [5.41, 5.74) is 0.639. The summed E-state index contributed by atoms with van der Waals surface area (Å²) in [6.45, 7) is 3.69. The number of allylic oxidation sites excluding steroid dienone is 1. The van der Waals surface area contributed by atoms with E-state index >= 15 is 4.39 Å². The van der Waals surface area contributed by atoms with Gasteiger partial charge in [0.05, 0.1) is 5.56 Å². The van der Waals surface area contributed by atoms with Crippen LogP contribution in [0, 0.1) is 17.5 Å². The normalized spacial score (nSPS) is 11.6. The fraction of sp³-hybridized carbons (Fsp3) is 0.111. The zero-order valence-electron chi connectivity index (χ0n) is 17.7. The third kappa shape index (κ3) is 4.93. The van der Waals surface area contributed by atoms with Crippen molar-refractivity contribution < 1.29 is 31.1 Å². The van der Waals surface area contributed by atoms with Gasteiger partial charge in [-0.15, -0.1) is 19.8 Å². The Balaban J connectivity index is 1.69. The Morgan fingerprint density at radius 3 is 2.09 bits per heavy atom. The van der Waals surface area contributed by atoms with Crippen molar-refractivity contribution in [1.82, 2.24) is 0 Å². The highest BCUT2D eigenvalue weighted by Crippen LogP contribution is 2.35. The number of hydrogen-bond acceptors (Lipinski definition) is 1. The van der Waals surface area contributed by atoms with Gasteiger partial charge in [0.2, 0.25) is 0 Å². The molecule has 1 nitrogen and oxygen atoms in total. The molecule has 0 aliphatic rings. The van der Waals surface area contributed by atoms with Crippen molar-refractivity contribution in [3.63, 3.8) is 0 Å². The molecule has 0 radical (unpaired) electrons. The van der Waals surface area contributed by atoms with E-state index in [9.17, 15) is 22.0 Å². The quantitative estimate of drug-likeness (QED) is 0.202. The van der Waals surface area contributed by atoms with Crippen molar-refractivity contribution in [2.45, 2.75) is 19.2 Å². The van der Waals surface area contributed by atoms with E-state index in [-0.39, 0.29) is 16.7 Å². The molecule has 0 saturated carbocycles. The van der Waals surface area contributed by atoms with Crippen LogP contribution < -0.4 is 4.74 Å². The molecule has 34 heavy (non-hydrogen) atoms. The first-order chi connectivity index (χ1) is 16.2. The van der Waals surface area contributed by atoms with Crippen molar-refractivity contribution in [1.29, 1.82) is 0 Å². The van der Waals surface area contributed by atoms with E-state index in [0.717, 1.165) is 54.8 Å². The maximum absolute atomic E-state index is 15.2. The molecule has 0 unspecified atom stereocenters. The molecule has 0 heterocycles. The maximum atomic E-state index is 15.2. The molecule has 4 aromatic rings. The van der Waals surface area contributed by atoms with Gasteiger partial charge < -0.3 is 4.74 Å². The van der Waals surface area contributed by atoms with Crippen LogP contribution in [0.5, 0.6) is 5.75 Å². The Labute approximate surface area is 191 Å². The van der Waals surface area contributed by atoms with Crippen molar-refractivity contribution in [2.24, 2.45) is 0 Å². The summed E-state index contributed by atoms with van der Waals surface area (Å²) in [5, 5.41) is 0.992. The number of fused-ring (bicyclic) bond motifs is 1. The first-order valence-corrected chi connectivity index (χ1v) is 10.3. The number of halogens is 6. The number of aryl methyl sites for hydroxylation is 1. The molecule has 0 atom stereocenters. The lowest BCUT2D eigenvalue weighted by Crippen LogP contribution is -2.16. The Morgan fingerprint density at radius 2 is 1.47 bits per heavy atom. The second-order valence-electron chi connectivity index (χ2n) is 7.70. The topological polar surface area (TPSA) is 9.23 Å². The van der Waals surface area contributed by atoms with Crippen LogP contribution in [0.2, 0.25) is 0 Å². The molecule has 0 fully saturated rings. The van der Waals surface area contributed by atoms with Crippen molar-refractivity contribution in [2.75, 3.05) is 0 Å². The van der Waals surface area contributed by atoms with Gasteiger partial charge in [0, 0.05) is 10.9 Å². The molecule has 0 amide bonds. The summed E-state index contributed by atoms with van der Waals surface area (Å²) < 4.78 is 85.8. The van der Waals surface area contributed by atoms with E-state index in [1.165, 1.54) is 6.07 Å². The van der Waals surface area contributed by atoms with Gasteiger partial charge in [0.25, 0.3) is 0 Å². The first-order valence-electron chi connectivity index (χ1n) is 10.3. The molecule has 7 heteroatoms. The molecule has 0 saturated heterocycles. The Kier molecular flexibility index (Phi) is 6.37. The Bertz CT molecular complexity index is 1330. The van der Waals surface area contributed by atoms with E-state index in [1.54, 1.807) is 24.3 Å². The molecule has 0 bridgehead atoms. The van der Waals surface area contributed by atoms with E-state index in [1.807, 2.05) is 6.07 Å². The predicted molar refractivity (Wildman–Crippen MR) is 120 cm³/mol.